The Bertz CT molecular complexity index is 565. The molecule has 9 heteroatoms. The van der Waals surface area contributed by atoms with Crippen LogP contribution >= 0.6 is 0 Å². The summed E-state index contributed by atoms with van der Waals surface area (Å²) >= 11 is 0. The molecule has 1 aromatic rings. The molecule has 0 aliphatic heterocycles. The molecule has 0 aliphatic carbocycles. The summed E-state index contributed by atoms with van der Waals surface area (Å²) in [4.78, 5) is 10.7. The van der Waals surface area contributed by atoms with Crippen molar-refractivity contribution in [2.45, 2.75) is 12.4 Å². The summed E-state index contributed by atoms with van der Waals surface area (Å²) in [5.41, 5.74) is -5.95. The van der Waals surface area contributed by atoms with Crippen LogP contribution in [0.5, 0.6) is 11.5 Å². The molecule has 0 amide bonds. The van der Waals surface area contributed by atoms with Gasteiger partial charge >= 0.3 is 15.6 Å². The van der Waals surface area contributed by atoms with Gasteiger partial charge in [-0.05, 0) is 19.1 Å². The highest BCUT2D eigenvalue weighted by Gasteiger charge is 2.49. The number of rotatable bonds is 5. The monoisotopic (exact) mass is 298 g/mol. The molecule has 0 N–H and O–H groups in total. The van der Waals surface area contributed by atoms with E-state index in [4.69, 9.17) is 4.74 Å². The van der Waals surface area contributed by atoms with Crippen LogP contribution in [0, 0.1) is 0 Å². The van der Waals surface area contributed by atoms with Crippen LogP contribution in [0.4, 0.5) is 13.2 Å². The molecule has 0 aliphatic rings. The highest BCUT2D eigenvalue weighted by molar-refractivity contribution is 7.88. The number of benzene rings is 1. The minimum Gasteiger partial charge on any atom is -0.490 e. The van der Waals surface area contributed by atoms with Gasteiger partial charge in [0, 0.05) is 0 Å². The van der Waals surface area contributed by atoms with Crippen LogP contribution in [0.15, 0.2) is 18.2 Å². The molecule has 5 nitrogen and oxygen atoms in total. The normalized spacial score (nSPS) is 12.0. The third-order valence-electron chi connectivity index (χ3n) is 1.91. The van der Waals surface area contributed by atoms with Crippen LogP contribution in [0.3, 0.4) is 0 Å². The van der Waals surface area contributed by atoms with Gasteiger partial charge in [-0.2, -0.15) is 21.6 Å². The standard InChI is InChI=1S/C10H9F3O5S/c1-2-17-8-5-3-4-7(6-14)9(8)18-19(15,16)10(11,12)13/h3-6H,2H2,1H3. The van der Waals surface area contributed by atoms with E-state index < -0.39 is 21.4 Å². The first-order valence-electron chi connectivity index (χ1n) is 4.94. The molecule has 0 spiro atoms. The maximum Gasteiger partial charge on any atom is 0.534 e. The third-order valence-corrected chi connectivity index (χ3v) is 2.87. The molecule has 1 rings (SSSR count). The average Bonchev–Trinajstić information content (AvgIpc) is 2.30. The lowest BCUT2D eigenvalue weighted by atomic mass is 10.2. The smallest absolute Gasteiger partial charge is 0.490 e. The number of halogens is 3. The Morgan fingerprint density at radius 3 is 2.42 bits per heavy atom. The SMILES string of the molecule is CCOc1cccc(C=O)c1OS(=O)(=O)C(F)(F)F. The fourth-order valence-corrected chi connectivity index (χ4v) is 1.63. The van der Waals surface area contributed by atoms with E-state index in [1.165, 1.54) is 19.1 Å². The van der Waals surface area contributed by atoms with Gasteiger partial charge in [-0.25, -0.2) is 0 Å². The number of ether oxygens (including phenoxy) is 1. The van der Waals surface area contributed by atoms with Gasteiger partial charge in [0.25, 0.3) is 0 Å². The molecular formula is C10H9F3O5S. The van der Waals surface area contributed by atoms with Crippen LogP contribution < -0.4 is 8.92 Å². The molecule has 0 heterocycles. The Labute approximate surface area is 107 Å². The minimum absolute atomic E-state index is 0.0603. The Morgan fingerprint density at radius 1 is 1.32 bits per heavy atom. The van der Waals surface area contributed by atoms with Crippen molar-refractivity contribution in [2.75, 3.05) is 6.61 Å². The highest BCUT2D eigenvalue weighted by atomic mass is 32.2. The first-order chi connectivity index (χ1) is 8.73. The Morgan fingerprint density at radius 2 is 1.95 bits per heavy atom. The summed E-state index contributed by atoms with van der Waals surface area (Å²) in [6.07, 6.45) is 0.170. The summed E-state index contributed by atoms with van der Waals surface area (Å²) < 4.78 is 67.4. The van der Waals surface area contributed by atoms with Gasteiger partial charge in [-0.1, -0.05) is 6.07 Å². The molecule has 0 saturated carbocycles. The van der Waals surface area contributed by atoms with Crippen molar-refractivity contribution >= 4 is 16.4 Å². The van der Waals surface area contributed by atoms with Crippen molar-refractivity contribution in [3.05, 3.63) is 23.8 Å². The molecule has 106 valence electrons. The van der Waals surface area contributed by atoms with Gasteiger partial charge < -0.3 is 8.92 Å². The van der Waals surface area contributed by atoms with E-state index in [1.54, 1.807) is 0 Å². The molecule has 1 aromatic carbocycles. The zero-order valence-corrected chi connectivity index (χ0v) is 10.4. The number of aldehydes is 1. The van der Waals surface area contributed by atoms with Crippen molar-refractivity contribution in [1.29, 1.82) is 0 Å². The van der Waals surface area contributed by atoms with E-state index in [-0.39, 0.29) is 24.2 Å². The first kappa shape index (κ1) is 15.3. The van der Waals surface area contributed by atoms with E-state index in [1.807, 2.05) is 0 Å². The topological polar surface area (TPSA) is 69.7 Å². The molecule has 0 saturated heterocycles. The number of alkyl halides is 3. The van der Waals surface area contributed by atoms with Crippen molar-refractivity contribution in [1.82, 2.24) is 0 Å². The van der Waals surface area contributed by atoms with Gasteiger partial charge in [-0.3, -0.25) is 4.79 Å². The summed E-state index contributed by atoms with van der Waals surface area (Å²) in [7, 11) is -5.86. The number of hydrogen-bond acceptors (Lipinski definition) is 5. The lowest BCUT2D eigenvalue weighted by Gasteiger charge is -2.14. The second-order valence-electron chi connectivity index (χ2n) is 3.21. The van der Waals surface area contributed by atoms with Crippen molar-refractivity contribution < 1.29 is 35.3 Å². The number of carbonyl (C=O) groups is 1. The summed E-state index contributed by atoms with van der Waals surface area (Å²) in [6.45, 7) is 1.60. The van der Waals surface area contributed by atoms with E-state index in [0.717, 1.165) is 6.07 Å². The Balaban J connectivity index is 3.30. The van der Waals surface area contributed by atoms with Crippen molar-refractivity contribution in [2.24, 2.45) is 0 Å². The molecule has 0 fully saturated rings. The number of carbonyl (C=O) groups excluding carboxylic acids is 1. The lowest BCUT2D eigenvalue weighted by molar-refractivity contribution is -0.0500. The summed E-state index contributed by atoms with van der Waals surface area (Å²) in [5, 5.41) is 0. The zero-order valence-electron chi connectivity index (χ0n) is 9.60. The van der Waals surface area contributed by atoms with E-state index in [0.29, 0.717) is 0 Å². The quantitative estimate of drug-likeness (QED) is 0.473. The first-order valence-corrected chi connectivity index (χ1v) is 6.35. The molecule has 0 bridgehead atoms. The van der Waals surface area contributed by atoms with Gasteiger partial charge in [-0.15, -0.1) is 0 Å². The van der Waals surface area contributed by atoms with E-state index in [2.05, 4.69) is 4.18 Å². The van der Waals surface area contributed by atoms with Crippen LogP contribution in [0.25, 0.3) is 0 Å². The second-order valence-corrected chi connectivity index (χ2v) is 4.75. The van der Waals surface area contributed by atoms with Crippen LogP contribution in [-0.4, -0.2) is 26.8 Å². The maximum absolute atomic E-state index is 12.2. The molecular weight excluding hydrogens is 289 g/mol. The minimum atomic E-state index is -5.86. The molecule has 0 atom stereocenters. The molecule has 0 aromatic heterocycles. The summed E-state index contributed by atoms with van der Waals surface area (Å²) in [6, 6.07) is 3.62. The number of para-hydroxylation sites is 1. The second kappa shape index (κ2) is 5.47. The zero-order chi connectivity index (χ0) is 14.7. The van der Waals surface area contributed by atoms with E-state index in [9.17, 15) is 26.4 Å². The fraction of sp³-hybridized carbons (Fsp3) is 0.300. The van der Waals surface area contributed by atoms with Gasteiger partial charge in [0.15, 0.2) is 17.8 Å². The average molecular weight is 298 g/mol. The summed E-state index contributed by atoms with van der Waals surface area (Å²) in [5.74, 6) is -1.04. The largest absolute Gasteiger partial charge is 0.534 e. The predicted molar refractivity (Wildman–Crippen MR) is 58.6 cm³/mol. The Kier molecular flexibility index (Phi) is 4.40. The molecule has 19 heavy (non-hydrogen) atoms. The number of hydrogen-bond donors (Lipinski definition) is 0. The van der Waals surface area contributed by atoms with Gasteiger partial charge in [0.05, 0.1) is 12.2 Å². The van der Waals surface area contributed by atoms with Gasteiger partial charge in [0.1, 0.15) is 0 Å². The van der Waals surface area contributed by atoms with Crippen LogP contribution in [-0.2, 0) is 10.1 Å². The Hall–Kier alpha value is -1.77. The van der Waals surface area contributed by atoms with E-state index >= 15 is 0 Å². The van der Waals surface area contributed by atoms with Crippen LogP contribution in [0.2, 0.25) is 0 Å². The van der Waals surface area contributed by atoms with Gasteiger partial charge in [0.2, 0.25) is 0 Å². The molecule has 0 unspecified atom stereocenters. The van der Waals surface area contributed by atoms with Crippen LogP contribution in [0.1, 0.15) is 17.3 Å². The maximum atomic E-state index is 12.2. The lowest BCUT2D eigenvalue weighted by Crippen LogP contribution is -2.28. The van der Waals surface area contributed by atoms with Crippen molar-refractivity contribution in [3.63, 3.8) is 0 Å². The van der Waals surface area contributed by atoms with Crippen molar-refractivity contribution in [3.8, 4) is 11.5 Å². The molecule has 0 radical (unpaired) electrons. The predicted octanol–water partition coefficient (Wildman–Crippen LogP) is 2.13. The fourth-order valence-electron chi connectivity index (χ4n) is 1.14. The highest BCUT2D eigenvalue weighted by Crippen LogP contribution is 2.35. The third kappa shape index (κ3) is 3.37.